The molecule has 40 heavy (non-hydrogen) atoms. The molecule has 9 nitrogen and oxygen atoms in total. The van der Waals surface area contributed by atoms with Crippen LogP contribution in [0.4, 0.5) is 10.5 Å². The quantitative estimate of drug-likeness (QED) is 0.236. The number of carbonyl (C=O) groups is 3. The number of ketones is 1. The molecule has 1 saturated heterocycles. The number of anilines is 1. The molecule has 1 aliphatic rings. The molecule has 209 valence electrons. The fraction of sp³-hybridized carbons (Fsp3) is 0.290. The first-order valence-corrected chi connectivity index (χ1v) is 13.6. The minimum absolute atomic E-state index is 0.0495. The average molecular weight is 543 g/mol. The molecule has 0 atom stereocenters. The molecule has 4 rings (SSSR count). The number of nitrogens with zero attached hydrogens (tertiary/aromatic N) is 2. The SMILES string of the molecule is NCCNC(=O)c1cccc(C(=O)CNCCOC(=O)N(c2ccccc2-c2ccccc2)N2CC[CH]CC2)c1. The van der Waals surface area contributed by atoms with E-state index in [1.807, 2.05) is 59.6 Å². The Morgan fingerprint density at radius 1 is 0.875 bits per heavy atom. The van der Waals surface area contributed by atoms with Crippen molar-refractivity contribution >= 4 is 23.5 Å². The maximum atomic E-state index is 13.4. The van der Waals surface area contributed by atoms with E-state index in [0.717, 1.165) is 29.7 Å². The minimum Gasteiger partial charge on any atom is -0.447 e. The molecule has 4 N–H and O–H groups in total. The fourth-order valence-corrected chi connectivity index (χ4v) is 4.52. The summed E-state index contributed by atoms with van der Waals surface area (Å²) in [6.45, 7) is 2.58. The number of hydrogen-bond donors (Lipinski definition) is 3. The molecule has 0 bridgehead atoms. The van der Waals surface area contributed by atoms with Gasteiger partial charge in [-0.2, -0.15) is 0 Å². The van der Waals surface area contributed by atoms with Gasteiger partial charge >= 0.3 is 6.09 Å². The predicted octanol–water partition coefficient (Wildman–Crippen LogP) is 3.67. The van der Waals surface area contributed by atoms with E-state index in [1.54, 1.807) is 29.3 Å². The highest BCUT2D eigenvalue weighted by molar-refractivity contribution is 6.01. The number of benzene rings is 3. The van der Waals surface area contributed by atoms with Crippen LogP contribution in [-0.4, -0.2) is 68.7 Å². The van der Waals surface area contributed by atoms with E-state index in [4.69, 9.17) is 10.5 Å². The van der Waals surface area contributed by atoms with Gasteiger partial charge in [0.2, 0.25) is 0 Å². The molecular weight excluding hydrogens is 506 g/mol. The van der Waals surface area contributed by atoms with Crippen LogP contribution < -0.4 is 21.4 Å². The lowest BCUT2D eigenvalue weighted by atomic mass is 10.0. The third kappa shape index (κ3) is 7.75. The predicted molar refractivity (Wildman–Crippen MR) is 156 cm³/mol. The Kier molecular flexibility index (Phi) is 10.8. The summed E-state index contributed by atoms with van der Waals surface area (Å²) in [4.78, 5) is 38.3. The summed E-state index contributed by atoms with van der Waals surface area (Å²) in [7, 11) is 0. The van der Waals surface area contributed by atoms with Gasteiger partial charge in [-0.25, -0.2) is 14.8 Å². The lowest BCUT2D eigenvalue weighted by Crippen LogP contribution is -2.50. The number of ether oxygens (including phenoxy) is 1. The number of carbonyl (C=O) groups excluding carboxylic acids is 3. The van der Waals surface area contributed by atoms with Gasteiger partial charge in [0.05, 0.1) is 12.2 Å². The number of piperidine rings is 1. The van der Waals surface area contributed by atoms with Gasteiger partial charge in [-0.3, -0.25) is 9.59 Å². The van der Waals surface area contributed by atoms with E-state index >= 15 is 0 Å². The minimum atomic E-state index is -0.463. The van der Waals surface area contributed by atoms with Crippen LogP contribution in [0.1, 0.15) is 33.6 Å². The number of para-hydroxylation sites is 1. The summed E-state index contributed by atoms with van der Waals surface area (Å²) in [6.07, 6.45) is 3.54. The molecule has 0 aromatic heterocycles. The van der Waals surface area contributed by atoms with Crippen molar-refractivity contribution in [3.05, 3.63) is 96.4 Å². The van der Waals surface area contributed by atoms with Gasteiger partial charge < -0.3 is 21.1 Å². The summed E-state index contributed by atoms with van der Waals surface area (Å²) < 4.78 is 5.68. The van der Waals surface area contributed by atoms with Gasteiger partial charge in [-0.1, -0.05) is 60.7 Å². The summed E-state index contributed by atoms with van der Waals surface area (Å²) in [5.41, 5.74) is 8.98. The zero-order valence-electron chi connectivity index (χ0n) is 22.6. The van der Waals surface area contributed by atoms with Gasteiger partial charge in [0.25, 0.3) is 5.91 Å². The molecule has 1 heterocycles. The maximum absolute atomic E-state index is 13.4. The monoisotopic (exact) mass is 542 g/mol. The molecule has 3 aromatic carbocycles. The van der Waals surface area contributed by atoms with Crippen molar-refractivity contribution in [3.8, 4) is 11.1 Å². The molecule has 0 spiro atoms. The second-order valence-electron chi connectivity index (χ2n) is 9.35. The highest BCUT2D eigenvalue weighted by Gasteiger charge is 2.28. The number of hydrogen-bond acceptors (Lipinski definition) is 7. The Morgan fingerprint density at radius 3 is 2.38 bits per heavy atom. The van der Waals surface area contributed by atoms with E-state index < -0.39 is 6.09 Å². The highest BCUT2D eigenvalue weighted by atomic mass is 16.6. The first-order valence-electron chi connectivity index (χ1n) is 13.6. The lowest BCUT2D eigenvalue weighted by Gasteiger charge is -2.37. The van der Waals surface area contributed by atoms with Gasteiger partial charge in [0.1, 0.15) is 6.61 Å². The van der Waals surface area contributed by atoms with Crippen LogP contribution in [0.2, 0.25) is 0 Å². The van der Waals surface area contributed by atoms with Crippen molar-refractivity contribution in [1.82, 2.24) is 15.6 Å². The van der Waals surface area contributed by atoms with E-state index in [9.17, 15) is 14.4 Å². The Bertz CT molecular complexity index is 1280. The van der Waals surface area contributed by atoms with Crippen LogP contribution in [0.5, 0.6) is 0 Å². The number of nitrogens with one attached hydrogen (secondary N) is 2. The van der Waals surface area contributed by atoms with E-state index in [2.05, 4.69) is 17.1 Å². The first kappa shape index (κ1) is 28.9. The summed E-state index contributed by atoms with van der Waals surface area (Å²) in [5, 5.41) is 9.40. The van der Waals surface area contributed by atoms with Crippen LogP contribution >= 0.6 is 0 Å². The summed E-state index contributed by atoms with van der Waals surface area (Å²) >= 11 is 0. The zero-order chi connectivity index (χ0) is 28.2. The molecule has 0 aliphatic carbocycles. The van der Waals surface area contributed by atoms with Crippen LogP contribution in [0.3, 0.4) is 0 Å². The third-order valence-corrected chi connectivity index (χ3v) is 6.52. The van der Waals surface area contributed by atoms with Gasteiger partial charge in [-0.15, -0.1) is 0 Å². The van der Waals surface area contributed by atoms with Crippen molar-refractivity contribution in [2.45, 2.75) is 12.8 Å². The molecule has 0 saturated carbocycles. The number of hydrazine groups is 1. The highest BCUT2D eigenvalue weighted by Crippen LogP contribution is 2.33. The fourth-order valence-electron chi connectivity index (χ4n) is 4.52. The lowest BCUT2D eigenvalue weighted by molar-refractivity contribution is 0.0954. The summed E-state index contributed by atoms with van der Waals surface area (Å²) in [6, 6.07) is 24.3. The molecule has 0 unspecified atom stereocenters. The van der Waals surface area contributed by atoms with Gasteiger partial charge in [0, 0.05) is 49.4 Å². The topological polar surface area (TPSA) is 117 Å². The average Bonchev–Trinajstić information content (AvgIpc) is 3.01. The number of nitrogens with two attached hydrogens (primary N) is 1. The molecule has 3 aromatic rings. The normalized spacial score (nSPS) is 13.4. The number of amides is 2. The second-order valence-corrected chi connectivity index (χ2v) is 9.35. The van der Waals surface area contributed by atoms with Crippen molar-refractivity contribution in [2.75, 3.05) is 50.9 Å². The van der Waals surface area contributed by atoms with Crippen molar-refractivity contribution in [1.29, 1.82) is 0 Å². The molecule has 1 aliphatic heterocycles. The Morgan fingerprint density at radius 2 is 1.60 bits per heavy atom. The van der Waals surface area contributed by atoms with E-state index in [-0.39, 0.29) is 24.8 Å². The van der Waals surface area contributed by atoms with Crippen LogP contribution in [-0.2, 0) is 4.74 Å². The van der Waals surface area contributed by atoms with Crippen LogP contribution in [0.15, 0.2) is 78.9 Å². The van der Waals surface area contributed by atoms with Crippen LogP contribution in [0, 0.1) is 6.42 Å². The number of rotatable bonds is 12. The van der Waals surface area contributed by atoms with Gasteiger partial charge in [0.15, 0.2) is 5.78 Å². The molecular formula is C31H36N5O4. The molecule has 1 fully saturated rings. The smallest absolute Gasteiger partial charge is 0.429 e. The standard InChI is InChI=1S/C31H36N5O4/c32-16-17-34-30(38)26-13-9-12-25(22-26)29(37)23-33-18-21-40-31(39)36(35-19-7-2-8-20-35)28-15-6-5-14-27(28)24-10-3-1-4-11-24/h1-6,9-15,22,33H,7-8,16-21,23,32H2,(H,34,38). The maximum Gasteiger partial charge on any atom is 0.429 e. The summed E-state index contributed by atoms with van der Waals surface area (Å²) in [5.74, 6) is -0.437. The molecule has 1 radical (unpaired) electrons. The first-order chi connectivity index (χ1) is 19.6. The van der Waals surface area contributed by atoms with E-state index in [0.29, 0.717) is 43.9 Å². The Labute approximate surface area is 235 Å². The molecule has 2 amide bonds. The third-order valence-electron chi connectivity index (χ3n) is 6.52. The zero-order valence-corrected chi connectivity index (χ0v) is 22.6. The van der Waals surface area contributed by atoms with Crippen molar-refractivity contribution < 1.29 is 19.1 Å². The largest absolute Gasteiger partial charge is 0.447 e. The Balaban J connectivity index is 1.35. The Hall–Kier alpha value is -4.05. The second kappa shape index (κ2) is 14.9. The van der Waals surface area contributed by atoms with Gasteiger partial charge in [-0.05, 0) is 43.0 Å². The molecule has 9 heteroatoms. The van der Waals surface area contributed by atoms with E-state index in [1.165, 1.54) is 0 Å². The van der Waals surface area contributed by atoms with Crippen LogP contribution in [0.25, 0.3) is 11.1 Å². The van der Waals surface area contributed by atoms with Crippen molar-refractivity contribution in [3.63, 3.8) is 0 Å². The van der Waals surface area contributed by atoms with Crippen molar-refractivity contribution in [2.24, 2.45) is 5.73 Å². The number of Topliss-reactive ketones (excluding diaryl/α,β-unsaturated/α-hetero) is 1.